The molecule has 7 nitrogen and oxygen atoms in total. The van der Waals surface area contributed by atoms with Crippen LogP contribution in [0.1, 0.15) is 10.4 Å². The predicted octanol–water partition coefficient (Wildman–Crippen LogP) is -0.240. The van der Waals surface area contributed by atoms with Gasteiger partial charge in [0.15, 0.2) is 6.61 Å². The maximum atomic E-state index is 12.9. The van der Waals surface area contributed by atoms with Crippen molar-refractivity contribution in [2.24, 2.45) is 5.73 Å². The van der Waals surface area contributed by atoms with Gasteiger partial charge in [0.1, 0.15) is 5.82 Å². The van der Waals surface area contributed by atoms with E-state index < -0.39 is 30.3 Å². The molecule has 1 rings (SSSR count). The van der Waals surface area contributed by atoms with Crippen LogP contribution in [0, 0.1) is 5.82 Å². The monoisotopic (exact) mass is 255 g/mol. The number of esters is 1. The number of carbonyl (C=O) groups is 3. The Hall–Kier alpha value is -2.64. The van der Waals surface area contributed by atoms with Crippen molar-refractivity contribution in [3.63, 3.8) is 0 Å². The molecule has 3 amide bonds. The van der Waals surface area contributed by atoms with Crippen molar-refractivity contribution in [3.05, 3.63) is 29.6 Å². The fraction of sp³-hybridized carbons (Fsp3) is 0.100. The molecule has 0 saturated heterocycles. The number of nitrogens with one attached hydrogen (secondary N) is 1. The van der Waals surface area contributed by atoms with Crippen LogP contribution in [0.3, 0.4) is 0 Å². The second-order valence-corrected chi connectivity index (χ2v) is 3.26. The Labute approximate surface area is 101 Å². The van der Waals surface area contributed by atoms with Gasteiger partial charge < -0.3 is 16.2 Å². The number of primary amides is 1. The minimum absolute atomic E-state index is 0.0449. The highest BCUT2D eigenvalue weighted by Crippen LogP contribution is 2.11. The molecule has 8 heteroatoms. The summed E-state index contributed by atoms with van der Waals surface area (Å²) in [7, 11) is 0. The maximum absolute atomic E-state index is 12.9. The summed E-state index contributed by atoms with van der Waals surface area (Å²) in [6, 6.07) is 2.06. The third-order valence-corrected chi connectivity index (χ3v) is 1.75. The molecule has 0 atom stereocenters. The number of anilines is 1. The van der Waals surface area contributed by atoms with Crippen LogP contribution in [-0.2, 0) is 9.53 Å². The van der Waals surface area contributed by atoms with Gasteiger partial charge in [0.25, 0.3) is 5.91 Å². The van der Waals surface area contributed by atoms with Gasteiger partial charge in [0, 0.05) is 5.69 Å². The number of amides is 3. The van der Waals surface area contributed by atoms with Gasteiger partial charge >= 0.3 is 12.0 Å². The summed E-state index contributed by atoms with van der Waals surface area (Å²) < 4.78 is 17.5. The summed E-state index contributed by atoms with van der Waals surface area (Å²) in [6.07, 6.45) is 0. The van der Waals surface area contributed by atoms with E-state index in [1.165, 1.54) is 6.07 Å². The molecule has 0 aromatic heterocycles. The second-order valence-electron chi connectivity index (χ2n) is 3.26. The Morgan fingerprint density at radius 2 is 1.94 bits per heavy atom. The standard InChI is InChI=1S/C10H10FN3O4/c11-6-1-5(2-7(12)3-6)9(16)18-4-8(15)14-10(13)17/h1-3H,4,12H2,(H3,13,14,15,17). The first-order valence-electron chi connectivity index (χ1n) is 4.71. The number of halogens is 1. The van der Waals surface area contributed by atoms with Crippen molar-refractivity contribution in [2.75, 3.05) is 12.3 Å². The number of urea groups is 1. The van der Waals surface area contributed by atoms with Crippen molar-refractivity contribution in [1.82, 2.24) is 5.32 Å². The van der Waals surface area contributed by atoms with Gasteiger partial charge in [-0.15, -0.1) is 0 Å². The van der Waals surface area contributed by atoms with Gasteiger partial charge in [-0.05, 0) is 18.2 Å². The molecule has 0 fully saturated rings. The molecule has 18 heavy (non-hydrogen) atoms. The lowest BCUT2D eigenvalue weighted by Crippen LogP contribution is -2.37. The van der Waals surface area contributed by atoms with Crippen LogP contribution in [0.25, 0.3) is 0 Å². The molecule has 0 heterocycles. The van der Waals surface area contributed by atoms with Crippen LogP contribution in [0.4, 0.5) is 14.9 Å². The van der Waals surface area contributed by atoms with Gasteiger partial charge in [0.2, 0.25) is 0 Å². The van der Waals surface area contributed by atoms with Crippen LogP contribution in [0.15, 0.2) is 18.2 Å². The second kappa shape index (κ2) is 5.62. The van der Waals surface area contributed by atoms with E-state index in [0.29, 0.717) is 0 Å². The van der Waals surface area contributed by atoms with Crippen molar-refractivity contribution < 1.29 is 23.5 Å². The summed E-state index contributed by atoms with van der Waals surface area (Å²) in [4.78, 5) is 32.6. The Kier molecular flexibility index (Phi) is 4.19. The van der Waals surface area contributed by atoms with E-state index in [-0.39, 0.29) is 11.3 Å². The fourth-order valence-corrected chi connectivity index (χ4v) is 1.12. The maximum Gasteiger partial charge on any atom is 0.338 e. The van der Waals surface area contributed by atoms with Crippen molar-refractivity contribution >= 4 is 23.6 Å². The molecular formula is C10H10FN3O4. The largest absolute Gasteiger partial charge is 0.452 e. The van der Waals surface area contributed by atoms with Gasteiger partial charge in [-0.25, -0.2) is 14.0 Å². The summed E-state index contributed by atoms with van der Waals surface area (Å²) in [6.45, 7) is -0.710. The number of imide groups is 1. The molecule has 0 bridgehead atoms. The van der Waals surface area contributed by atoms with Crippen LogP contribution in [0.2, 0.25) is 0 Å². The smallest absolute Gasteiger partial charge is 0.338 e. The van der Waals surface area contributed by atoms with Crippen LogP contribution < -0.4 is 16.8 Å². The molecule has 96 valence electrons. The number of hydrogen-bond acceptors (Lipinski definition) is 5. The Morgan fingerprint density at radius 1 is 1.28 bits per heavy atom. The van der Waals surface area contributed by atoms with Crippen molar-refractivity contribution in [3.8, 4) is 0 Å². The topological polar surface area (TPSA) is 125 Å². The fourth-order valence-electron chi connectivity index (χ4n) is 1.12. The highest BCUT2D eigenvalue weighted by molar-refractivity contribution is 5.96. The van der Waals surface area contributed by atoms with Crippen molar-refractivity contribution in [2.45, 2.75) is 0 Å². The number of carbonyl (C=O) groups excluding carboxylic acids is 3. The molecule has 0 aliphatic heterocycles. The van der Waals surface area contributed by atoms with E-state index in [1.54, 1.807) is 5.32 Å². The normalized spacial score (nSPS) is 9.61. The third-order valence-electron chi connectivity index (χ3n) is 1.75. The van der Waals surface area contributed by atoms with Crippen LogP contribution in [-0.4, -0.2) is 24.5 Å². The van der Waals surface area contributed by atoms with E-state index in [0.717, 1.165) is 12.1 Å². The summed E-state index contributed by atoms with van der Waals surface area (Å²) >= 11 is 0. The average molecular weight is 255 g/mol. The van der Waals surface area contributed by atoms with E-state index in [2.05, 4.69) is 10.5 Å². The van der Waals surface area contributed by atoms with Crippen LogP contribution >= 0.6 is 0 Å². The zero-order valence-electron chi connectivity index (χ0n) is 9.10. The number of nitrogen functional groups attached to an aromatic ring is 1. The van der Waals surface area contributed by atoms with Gasteiger partial charge in [-0.1, -0.05) is 0 Å². The molecule has 1 aromatic carbocycles. The van der Waals surface area contributed by atoms with E-state index in [1.807, 2.05) is 0 Å². The highest BCUT2D eigenvalue weighted by atomic mass is 19.1. The van der Waals surface area contributed by atoms with Crippen molar-refractivity contribution in [1.29, 1.82) is 0 Å². The minimum Gasteiger partial charge on any atom is -0.452 e. The lowest BCUT2D eigenvalue weighted by atomic mass is 10.2. The number of ether oxygens (including phenoxy) is 1. The summed E-state index contributed by atoms with van der Waals surface area (Å²) in [5.74, 6) is -2.54. The zero-order valence-corrected chi connectivity index (χ0v) is 9.10. The molecule has 0 aliphatic rings. The summed E-state index contributed by atoms with van der Waals surface area (Å²) in [5.41, 5.74) is 9.91. The molecular weight excluding hydrogens is 245 g/mol. The van der Waals surface area contributed by atoms with E-state index >= 15 is 0 Å². The SMILES string of the molecule is NC(=O)NC(=O)COC(=O)c1cc(N)cc(F)c1. The first-order valence-corrected chi connectivity index (χ1v) is 4.71. The number of benzene rings is 1. The Morgan fingerprint density at radius 3 is 2.50 bits per heavy atom. The van der Waals surface area contributed by atoms with E-state index in [4.69, 9.17) is 5.73 Å². The molecule has 0 aliphatic carbocycles. The van der Waals surface area contributed by atoms with Gasteiger partial charge in [-0.3, -0.25) is 10.1 Å². The Bertz CT molecular complexity index is 484. The van der Waals surface area contributed by atoms with Gasteiger partial charge in [-0.2, -0.15) is 0 Å². The first kappa shape index (κ1) is 13.4. The summed E-state index contributed by atoms with van der Waals surface area (Å²) in [5, 5.41) is 1.70. The number of rotatable bonds is 3. The lowest BCUT2D eigenvalue weighted by molar-refractivity contribution is -0.123. The third kappa shape index (κ3) is 4.08. The Balaban J connectivity index is 2.60. The molecule has 0 saturated carbocycles. The quantitative estimate of drug-likeness (QED) is 0.507. The highest BCUT2D eigenvalue weighted by Gasteiger charge is 2.12. The number of nitrogens with two attached hydrogens (primary N) is 2. The minimum atomic E-state index is -1.06. The van der Waals surface area contributed by atoms with Crippen LogP contribution in [0.5, 0.6) is 0 Å². The number of hydrogen-bond donors (Lipinski definition) is 3. The predicted molar refractivity (Wildman–Crippen MR) is 58.8 cm³/mol. The molecule has 0 spiro atoms. The first-order chi connectivity index (χ1) is 8.38. The van der Waals surface area contributed by atoms with Gasteiger partial charge in [0.05, 0.1) is 5.56 Å². The molecule has 0 unspecified atom stereocenters. The van der Waals surface area contributed by atoms with E-state index in [9.17, 15) is 18.8 Å². The molecule has 0 radical (unpaired) electrons. The average Bonchev–Trinajstić information content (AvgIpc) is 2.23. The lowest BCUT2D eigenvalue weighted by Gasteiger charge is -2.05. The zero-order chi connectivity index (χ0) is 13.7. The molecule has 1 aromatic rings. The molecule has 5 N–H and O–H groups in total.